The predicted molar refractivity (Wildman–Crippen MR) is 112 cm³/mol. The molecule has 0 heterocycles. The highest BCUT2D eigenvalue weighted by Gasteiger charge is 2.25. The molecule has 6 nitrogen and oxygen atoms in total. The summed E-state index contributed by atoms with van der Waals surface area (Å²) in [6, 6.07) is 9.43. The summed E-state index contributed by atoms with van der Waals surface area (Å²) in [5, 5.41) is 2.81. The number of benzene rings is 2. The largest absolute Gasteiger partial charge is 0.399 e. The zero-order valence-corrected chi connectivity index (χ0v) is 17.7. The van der Waals surface area contributed by atoms with Gasteiger partial charge in [-0.15, -0.1) is 12.4 Å². The molecule has 2 aromatic carbocycles. The van der Waals surface area contributed by atoms with Gasteiger partial charge in [0.2, 0.25) is 10.0 Å². The van der Waals surface area contributed by atoms with Gasteiger partial charge in [0.15, 0.2) is 0 Å². The Labute approximate surface area is 171 Å². The van der Waals surface area contributed by atoms with Crippen molar-refractivity contribution in [3.8, 4) is 0 Å². The number of nitrogens with zero attached hydrogens (tertiary/aromatic N) is 1. The van der Waals surface area contributed by atoms with Crippen molar-refractivity contribution in [1.82, 2.24) is 4.31 Å². The number of carbonyl (C=O) groups excluding carboxylic acids is 1. The van der Waals surface area contributed by atoms with Gasteiger partial charge in [-0.1, -0.05) is 31.5 Å². The van der Waals surface area contributed by atoms with Crippen LogP contribution in [-0.4, -0.2) is 31.7 Å². The molecule has 148 valence electrons. The summed E-state index contributed by atoms with van der Waals surface area (Å²) in [6.07, 6.45) is 0. The molecule has 0 spiro atoms. The fourth-order valence-corrected chi connectivity index (χ4v) is 4.52. The highest BCUT2D eigenvalue weighted by atomic mass is 35.5. The molecule has 0 aliphatic carbocycles. The van der Waals surface area contributed by atoms with Crippen LogP contribution in [0, 0.1) is 6.92 Å². The fourth-order valence-electron chi connectivity index (χ4n) is 2.56. The second-order valence-electron chi connectivity index (χ2n) is 5.76. The van der Waals surface area contributed by atoms with Crippen LogP contribution in [0.25, 0.3) is 0 Å². The first kappa shape index (κ1) is 23.2. The molecule has 27 heavy (non-hydrogen) atoms. The average molecular weight is 432 g/mol. The van der Waals surface area contributed by atoms with Crippen LogP contribution in [0.4, 0.5) is 11.4 Å². The van der Waals surface area contributed by atoms with Crippen molar-refractivity contribution in [2.75, 3.05) is 24.1 Å². The van der Waals surface area contributed by atoms with E-state index in [1.165, 1.54) is 16.4 Å². The topological polar surface area (TPSA) is 92.5 Å². The molecule has 2 rings (SSSR count). The highest BCUT2D eigenvalue weighted by molar-refractivity contribution is 7.89. The van der Waals surface area contributed by atoms with Gasteiger partial charge in [0.05, 0.1) is 5.02 Å². The summed E-state index contributed by atoms with van der Waals surface area (Å²) in [4.78, 5) is 12.5. The molecule has 0 atom stereocenters. The SMILES string of the molecule is CCN(CC)S(=O)(=O)c1cc(NC(=O)c2cc(N)ccc2C)ccc1Cl.Cl. The van der Waals surface area contributed by atoms with E-state index >= 15 is 0 Å². The molecule has 0 bridgehead atoms. The van der Waals surface area contributed by atoms with Crippen molar-refractivity contribution in [1.29, 1.82) is 0 Å². The first-order valence-electron chi connectivity index (χ1n) is 8.17. The summed E-state index contributed by atoms with van der Waals surface area (Å²) >= 11 is 6.10. The van der Waals surface area contributed by atoms with E-state index in [0.29, 0.717) is 30.0 Å². The van der Waals surface area contributed by atoms with Crippen LogP contribution >= 0.6 is 24.0 Å². The quantitative estimate of drug-likeness (QED) is 0.677. The van der Waals surface area contributed by atoms with Crippen LogP contribution in [0.15, 0.2) is 41.3 Å². The molecule has 2 aromatic rings. The standard InChI is InChI=1S/C18H22ClN3O3S.ClH/c1-4-22(5-2)26(24,25)17-11-14(8-9-16(17)19)21-18(23)15-10-13(20)7-6-12(15)3;/h6-11H,4-5,20H2,1-3H3,(H,21,23);1H. The molecule has 0 radical (unpaired) electrons. The maximum absolute atomic E-state index is 12.7. The molecule has 0 saturated heterocycles. The number of hydrogen-bond donors (Lipinski definition) is 2. The van der Waals surface area contributed by atoms with Crippen LogP contribution in [-0.2, 0) is 10.0 Å². The normalized spacial score (nSPS) is 11.1. The number of rotatable bonds is 6. The number of halogens is 2. The summed E-state index contributed by atoms with van der Waals surface area (Å²) in [6.45, 7) is 5.96. The molecule has 3 N–H and O–H groups in total. The van der Waals surface area contributed by atoms with Gasteiger partial charge in [0, 0.05) is 30.0 Å². The minimum atomic E-state index is -3.74. The lowest BCUT2D eigenvalue weighted by atomic mass is 10.1. The van der Waals surface area contributed by atoms with E-state index in [9.17, 15) is 13.2 Å². The lowest BCUT2D eigenvalue weighted by Gasteiger charge is -2.20. The number of nitrogens with one attached hydrogen (secondary N) is 1. The summed E-state index contributed by atoms with van der Waals surface area (Å²) in [5.41, 5.74) is 7.74. The molecule has 0 aliphatic heterocycles. The molecular formula is C18H23Cl2N3O3S. The third-order valence-electron chi connectivity index (χ3n) is 4.02. The van der Waals surface area contributed by atoms with Crippen molar-refractivity contribution in [3.63, 3.8) is 0 Å². The molecule has 1 amide bonds. The number of carbonyl (C=O) groups is 1. The summed E-state index contributed by atoms with van der Waals surface area (Å²) in [5.74, 6) is -0.372. The van der Waals surface area contributed by atoms with Gasteiger partial charge in [-0.05, 0) is 42.8 Å². The Bertz CT molecular complexity index is 929. The van der Waals surface area contributed by atoms with Crippen LogP contribution in [0.2, 0.25) is 5.02 Å². The number of hydrogen-bond acceptors (Lipinski definition) is 4. The summed E-state index contributed by atoms with van der Waals surface area (Å²) in [7, 11) is -3.74. The Morgan fingerprint density at radius 2 is 1.78 bits per heavy atom. The first-order chi connectivity index (χ1) is 12.2. The number of aryl methyl sites for hydroxylation is 1. The lowest BCUT2D eigenvalue weighted by molar-refractivity contribution is 0.102. The van der Waals surface area contributed by atoms with Gasteiger partial charge in [-0.2, -0.15) is 4.31 Å². The van der Waals surface area contributed by atoms with Crippen LogP contribution in [0.3, 0.4) is 0 Å². The molecule has 0 unspecified atom stereocenters. The number of anilines is 2. The van der Waals surface area contributed by atoms with Crippen LogP contribution in [0.5, 0.6) is 0 Å². The highest BCUT2D eigenvalue weighted by Crippen LogP contribution is 2.28. The third-order valence-corrected chi connectivity index (χ3v) is 6.55. The van der Waals surface area contributed by atoms with Crippen molar-refractivity contribution < 1.29 is 13.2 Å². The fraction of sp³-hybridized carbons (Fsp3) is 0.278. The van der Waals surface area contributed by atoms with E-state index in [1.54, 1.807) is 45.0 Å². The Kier molecular flexibility index (Phi) is 8.10. The smallest absolute Gasteiger partial charge is 0.256 e. The molecule has 0 aliphatic rings. The van der Waals surface area contributed by atoms with Crippen molar-refractivity contribution in [2.45, 2.75) is 25.7 Å². The van der Waals surface area contributed by atoms with Gasteiger partial charge >= 0.3 is 0 Å². The van der Waals surface area contributed by atoms with Crippen molar-refractivity contribution in [3.05, 3.63) is 52.5 Å². The Morgan fingerprint density at radius 3 is 2.37 bits per heavy atom. The van der Waals surface area contributed by atoms with Crippen molar-refractivity contribution >= 4 is 51.3 Å². The zero-order chi connectivity index (χ0) is 19.5. The van der Waals surface area contributed by atoms with Crippen LogP contribution < -0.4 is 11.1 Å². The van der Waals surface area contributed by atoms with E-state index in [-0.39, 0.29) is 28.2 Å². The minimum Gasteiger partial charge on any atom is -0.399 e. The zero-order valence-electron chi connectivity index (χ0n) is 15.3. The van der Waals surface area contributed by atoms with E-state index in [0.717, 1.165) is 5.56 Å². The van der Waals surface area contributed by atoms with E-state index < -0.39 is 10.0 Å². The molecule has 0 saturated carbocycles. The van der Waals surface area contributed by atoms with Gasteiger partial charge in [0.1, 0.15) is 4.90 Å². The second kappa shape index (κ2) is 9.41. The minimum absolute atomic E-state index is 0. The van der Waals surface area contributed by atoms with E-state index in [4.69, 9.17) is 17.3 Å². The van der Waals surface area contributed by atoms with E-state index in [2.05, 4.69) is 5.32 Å². The third kappa shape index (κ3) is 5.13. The Morgan fingerprint density at radius 1 is 1.15 bits per heavy atom. The van der Waals surface area contributed by atoms with Crippen molar-refractivity contribution in [2.24, 2.45) is 0 Å². The van der Waals surface area contributed by atoms with Gasteiger partial charge in [-0.25, -0.2) is 8.42 Å². The monoisotopic (exact) mass is 431 g/mol. The molecule has 0 aromatic heterocycles. The maximum Gasteiger partial charge on any atom is 0.256 e. The van der Waals surface area contributed by atoms with Gasteiger partial charge < -0.3 is 11.1 Å². The number of nitrogen functional groups attached to an aromatic ring is 1. The van der Waals surface area contributed by atoms with Gasteiger partial charge in [0.25, 0.3) is 5.91 Å². The first-order valence-corrected chi connectivity index (χ1v) is 9.99. The lowest BCUT2D eigenvalue weighted by Crippen LogP contribution is -2.30. The summed E-state index contributed by atoms with van der Waals surface area (Å²) < 4.78 is 26.8. The van der Waals surface area contributed by atoms with E-state index in [1.807, 2.05) is 0 Å². The Hall–Kier alpha value is -1.80. The number of nitrogens with two attached hydrogens (primary N) is 1. The second-order valence-corrected chi connectivity index (χ2v) is 8.08. The Balaban J connectivity index is 0.00000364. The average Bonchev–Trinajstić information content (AvgIpc) is 2.59. The van der Waals surface area contributed by atoms with Gasteiger partial charge in [-0.3, -0.25) is 4.79 Å². The van der Waals surface area contributed by atoms with Crippen LogP contribution in [0.1, 0.15) is 29.8 Å². The number of sulfonamides is 1. The predicted octanol–water partition coefficient (Wildman–Crippen LogP) is 3.94. The molecule has 0 fully saturated rings. The maximum atomic E-state index is 12.7. The molecule has 9 heteroatoms. The number of amides is 1. The molecular weight excluding hydrogens is 409 g/mol.